The zero-order valence-electron chi connectivity index (χ0n) is 10.2. The fraction of sp³-hybridized carbons (Fsp3) is 0.667. The second-order valence-corrected chi connectivity index (χ2v) is 4.22. The van der Waals surface area contributed by atoms with E-state index in [0.29, 0.717) is 19.8 Å². The first-order valence-electron chi connectivity index (χ1n) is 5.96. The van der Waals surface area contributed by atoms with Crippen molar-refractivity contribution in [3.63, 3.8) is 0 Å². The van der Waals surface area contributed by atoms with E-state index in [9.17, 15) is 0 Å². The third-order valence-electron chi connectivity index (χ3n) is 3.21. The molecule has 0 bridgehead atoms. The number of nitrogens with zero attached hydrogens (tertiary/aromatic N) is 2. The van der Waals surface area contributed by atoms with Gasteiger partial charge in [-0.25, -0.2) is 9.97 Å². The first-order valence-corrected chi connectivity index (χ1v) is 5.96. The van der Waals surface area contributed by atoms with Crippen LogP contribution in [-0.4, -0.2) is 36.8 Å². The van der Waals surface area contributed by atoms with Crippen LogP contribution < -0.4 is 5.73 Å². The minimum Gasteiger partial charge on any atom is -0.381 e. The molecule has 1 aliphatic rings. The number of rotatable bonds is 4. The molecular formula is C12H19N3O2. The monoisotopic (exact) mass is 237 g/mol. The quantitative estimate of drug-likeness (QED) is 0.831. The highest BCUT2D eigenvalue weighted by molar-refractivity contribution is 5.10. The van der Waals surface area contributed by atoms with Crippen LogP contribution in [0.1, 0.15) is 24.4 Å². The average Bonchev–Trinajstić information content (AvgIpc) is 2.40. The van der Waals surface area contributed by atoms with E-state index in [1.807, 2.05) is 6.07 Å². The Hall–Kier alpha value is -1.04. The molecule has 0 radical (unpaired) electrons. The number of hydrogen-bond donors (Lipinski definition) is 1. The minimum atomic E-state index is -0.386. The minimum absolute atomic E-state index is 0.386. The second-order valence-electron chi connectivity index (χ2n) is 4.22. The van der Waals surface area contributed by atoms with E-state index in [1.165, 1.54) is 0 Å². The Morgan fingerprint density at radius 3 is 2.88 bits per heavy atom. The van der Waals surface area contributed by atoms with Crippen LogP contribution in [0.4, 0.5) is 0 Å². The van der Waals surface area contributed by atoms with Crippen LogP contribution >= 0.6 is 0 Å². The first-order chi connectivity index (χ1) is 8.30. The molecule has 2 N–H and O–H groups in total. The van der Waals surface area contributed by atoms with E-state index < -0.39 is 0 Å². The van der Waals surface area contributed by atoms with Crippen molar-refractivity contribution in [2.45, 2.75) is 24.9 Å². The van der Waals surface area contributed by atoms with Crippen molar-refractivity contribution in [1.29, 1.82) is 0 Å². The van der Waals surface area contributed by atoms with Gasteiger partial charge in [-0.2, -0.15) is 0 Å². The molecule has 94 valence electrons. The number of ether oxygens (including phenoxy) is 2. The summed E-state index contributed by atoms with van der Waals surface area (Å²) >= 11 is 0. The number of methoxy groups -OCH3 is 1. The van der Waals surface area contributed by atoms with Gasteiger partial charge in [-0.3, -0.25) is 0 Å². The third-order valence-corrected chi connectivity index (χ3v) is 3.21. The van der Waals surface area contributed by atoms with E-state index in [4.69, 9.17) is 15.2 Å². The lowest BCUT2D eigenvalue weighted by molar-refractivity contribution is -0.100. The zero-order chi connectivity index (χ0) is 12.1. The molecular weight excluding hydrogens is 218 g/mol. The molecule has 0 amide bonds. The average molecular weight is 237 g/mol. The molecule has 1 aliphatic heterocycles. The van der Waals surface area contributed by atoms with Crippen LogP contribution in [-0.2, 0) is 21.5 Å². The highest BCUT2D eigenvalue weighted by atomic mass is 16.5. The van der Waals surface area contributed by atoms with Gasteiger partial charge in [0.1, 0.15) is 5.60 Å². The summed E-state index contributed by atoms with van der Waals surface area (Å²) in [6.07, 6.45) is 4.15. The zero-order valence-corrected chi connectivity index (χ0v) is 10.2. The molecule has 0 aliphatic carbocycles. The van der Waals surface area contributed by atoms with E-state index in [1.54, 1.807) is 13.3 Å². The Morgan fingerprint density at radius 1 is 1.47 bits per heavy atom. The van der Waals surface area contributed by atoms with Crippen LogP contribution in [0.2, 0.25) is 0 Å². The van der Waals surface area contributed by atoms with Gasteiger partial charge in [0, 0.05) is 51.5 Å². The normalized spacial score (nSPS) is 19.2. The standard InChI is InChI=1S/C12H19N3O2/c1-16-12(4-8-17-9-5-12)11-14-7-3-10(15-11)2-6-13/h3,7H,2,4-6,8-9,13H2,1H3. The van der Waals surface area contributed by atoms with E-state index in [0.717, 1.165) is 30.8 Å². The largest absolute Gasteiger partial charge is 0.381 e. The van der Waals surface area contributed by atoms with Crippen molar-refractivity contribution < 1.29 is 9.47 Å². The van der Waals surface area contributed by atoms with Crippen molar-refractivity contribution in [2.75, 3.05) is 26.9 Å². The van der Waals surface area contributed by atoms with Gasteiger partial charge in [-0.1, -0.05) is 0 Å². The predicted molar refractivity (Wildman–Crippen MR) is 63.5 cm³/mol. The molecule has 5 nitrogen and oxygen atoms in total. The summed E-state index contributed by atoms with van der Waals surface area (Å²) in [6.45, 7) is 1.98. The molecule has 0 unspecified atom stereocenters. The van der Waals surface area contributed by atoms with Crippen molar-refractivity contribution >= 4 is 0 Å². The van der Waals surface area contributed by atoms with Crippen molar-refractivity contribution in [2.24, 2.45) is 5.73 Å². The molecule has 1 aromatic rings. The molecule has 1 aromatic heterocycles. The van der Waals surface area contributed by atoms with Gasteiger partial charge in [-0.05, 0) is 12.6 Å². The second kappa shape index (κ2) is 5.53. The fourth-order valence-corrected chi connectivity index (χ4v) is 2.12. The van der Waals surface area contributed by atoms with Crippen LogP contribution in [0.25, 0.3) is 0 Å². The molecule has 2 rings (SSSR count). The lowest BCUT2D eigenvalue weighted by Crippen LogP contribution is -2.37. The Balaban J connectivity index is 2.26. The molecule has 1 fully saturated rings. The smallest absolute Gasteiger partial charge is 0.160 e. The number of hydrogen-bond acceptors (Lipinski definition) is 5. The molecule has 0 atom stereocenters. The van der Waals surface area contributed by atoms with Gasteiger partial charge in [0.25, 0.3) is 0 Å². The van der Waals surface area contributed by atoms with Gasteiger partial charge in [0.2, 0.25) is 0 Å². The number of aromatic nitrogens is 2. The van der Waals surface area contributed by atoms with Crippen LogP contribution in [0.15, 0.2) is 12.3 Å². The topological polar surface area (TPSA) is 70.3 Å². The molecule has 1 saturated heterocycles. The Bertz CT molecular complexity index is 365. The van der Waals surface area contributed by atoms with Crippen molar-refractivity contribution in [3.05, 3.63) is 23.8 Å². The summed E-state index contributed by atoms with van der Waals surface area (Å²) < 4.78 is 11.0. The maximum absolute atomic E-state index is 5.66. The third kappa shape index (κ3) is 2.62. The molecule has 2 heterocycles. The van der Waals surface area contributed by atoms with Crippen molar-refractivity contribution in [3.8, 4) is 0 Å². The Labute approximate surface area is 101 Å². The lowest BCUT2D eigenvalue weighted by atomic mass is 9.93. The van der Waals surface area contributed by atoms with E-state index >= 15 is 0 Å². The molecule has 17 heavy (non-hydrogen) atoms. The molecule has 5 heteroatoms. The van der Waals surface area contributed by atoms with Crippen LogP contribution in [0.3, 0.4) is 0 Å². The maximum Gasteiger partial charge on any atom is 0.160 e. The Morgan fingerprint density at radius 2 is 2.24 bits per heavy atom. The molecule has 0 saturated carbocycles. The first kappa shape index (κ1) is 12.4. The van der Waals surface area contributed by atoms with Crippen molar-refractivity contribution in [1.82, 2.24) is 9.97 Å². The SMILES string of the molecule is COC1(c2nccc(CCN)n2)CCOCC1. The Kier molecular flexibility index (Phi) is 4.04. The van der Waals surface area contributed by atoms with Crippen LogP contribution in [0.5, 0.6) is 0 Å². The highest BCUT2D eigenvalue weighted by Crippen LogP contribution is 2.33. The van der Waals surface area contributed by atoms with Crippen LogP contribution in [0, 0.1) is 0 Å². The van der Waals surface area contributed by atoms with Gasteiger partial charge in [0.05, 0.1) is 0 Å². The predicted octanol–water partition coefficient (Wildman–Crippen LogP) is 0.630. The highest BCUT2D eigenvalue weighted by Gasteiger charge is 2.37. The number of nitrogens with two attached hydrogens (primary N) is 1. The lowest BCUT2D eigenvalue weighted by Gasteiger charge is -2.34. The summed E-state index contributed by atoms with van der Waals surface area (Å²) in [4.78, 5) is 8.91. The summed E-state index contributed by atoms with van der Waals surface area (Å²) in [5, 5.41) is 0. The summed E-state index contributed by atoms with van der Waals surface area (Å²) in [5.41, 5.74) is 6.13. The maximum atomic E-state index is 5.66. The van der Waals surface area contributed by atoms with E-state index in [2.05, 4.69) is 9.97 Å². The van der Waals surface area contributed by atoms with Gasteiger partial charge in [0.15, 0.2) is 5.82 Å². The molecule has 0 aromatic carbocycles. The fourth-order valence-electron chi connectivity index (χ4n) is 2.12. The van der Waals surface area contributed by atoms with Gasteiger partial charge >= 0.3 is 0 Å². The molecule has 0 spiro atoms. The summed E-state index contributed by atoms with van der Waals surface area (Å²) in [7, 11) is 1.71. The van der Waals surface area contributed by atoms with Gasteiger partial charge in [-0.15, -0.1) is 0 Å². The van der Waals surface area contributed by atoms with E-state index in [-0.39, 0.29) is 5.60 Å². The summed E-state index contributed by atoms with van der Waals surface area (Å²) in [6, 6.07) is 1.90. The van der Waals surface area contributed by atoms with Gasteiger partial charge < -0.3 is 15.2 Å². The summed E-state index contributed by atoms with van der Waals surface area (Å²) in [5.74, 6) is 0.759.